The fourth-order valence-corrected chi connectivity index (χ4v) is 3.13. The van der Waals surface area contributed by atoms with Crippen molar-refractivity contribution in [1.82, 2.24) is 9.66 Å². The molecule has 0 saturated heterocycles. The normalized spacial score (nSPS) is 11.0. The van der Waals surface area contributed by atoms with E-state index >= 15 is 0 Å². The highest BCUT2D eigenvalue weighted by atomic mass is 19.1. The highest BCUT2D eigenvalue weighted by molar-refractivity contribution is 5.92. The molecule has 0 spiro atoms. The standard InChI is InChI=1S/C23H16FN5O6/c24-15-5-7-16(8-6-15)26-21(30)13-35-20-10-9-17(29(33)34)11-14(20)12-25-28-22(31)18-3-1-2-4-19(18)27-23(28)32/h1-12H,13H2,(H,26,30)(H,27,32). The molecule has 4 aromatic rings. The minimum Gasteiger partial charge on any atom is -0.483 e. The maximum Gasteiger partial charge on any atom is 0.349 e. The zero-order valence-electron chi connectivity index (χ0n) is 17.8. The zero-order chi connectivity index (χ0) is 24.9. The van der Waals surface area contributed by atoms with Crippen LogP contribution < -0.4 is 21.3 Å². The first-order chi connectivity index (χ1) is 16.8. The number of nitro groups is 1. The summed E-state index contributed by atoms with van der Waals surface area (Å²) in [4.78, 5) is 50.3. The Morgan fingerprint density at radius 3 is 2.63 bits per heavy atom. The molecule has 0 aliphatic rings. The summed E-state index contributed by atoms with van der Waals surface area (Å²) in [5, 5.41) is 17.8. The Bertz CT molecular complexity index is 1580. The van der Waals surface area contributed by atoms with Crippen LogP contribution in [0.4, 0.5) is 15.8 Å². The lowest BCUT2D eigenvalue weighted by molar-refractivity contribution is -0.384. The Morgan fingerprint density at radius 1 is 1.14 bits per heavy atom. The lowest BCUT2D eigenvalue weighted by Gasteiger charge is -2.10. The molecule has 0 fully saturated rings. The van der Waals surface area contributed by atoms with Gasteiger partial charge in [-0.15, -0.1) is 4.68 Å². The van der Waals surface area contributed by atoms with Crippen molar-refractivity contribution in [3.8, 4) is 5.75 Å². The highest BCUT2D eigenvalue weighted by Gasteiger charge is 2.13. The summed E-state index contributed by atoms with van der Waals surface area (Å²) in [6.45, 7) is -0.480. The van der Waals surface area contributed by atoms with Crippen molar-refractivity contribution in [2.24, 2.45) is 5.10 Å². The van der Waals surface area contributed by atoms with Gasteiger partial charge in [-0.3, -0.25) is 19.7 Å². The van der Waals surface area contributed by atoms with E-state index in [0.29, 0.717) is 15.9 Å². The largest absolute Gasteiger partial charge is 0.483 e. The van der Waals surface area contributed by atoms with Crippen molar-refractivity contribution in [2.75, 3.05) is 11.9 Å². The molecule has 12 heteroatoms. The molecule has 176 valence electrons. The van der Waals surface area contributed by atoms with Gasteiger partial charge in [0.15, 0.2) is 6.61 Å². The van der Waals surface area contributed by atoms with E-state index in [4.69, 9.17) is 4.74 Å². The second-order valence-electron chi connectivity index (χ2n) is 7.16. The fourth-order valence-electron chi connectivity index (χ4n) is 3.13. The summed E-state index contributed by atoms with van der Waals surface area (Å²) in [5.41, 5.74) is -1.06. The van der Waals surface area contributed by atoms with E-state index in [-0.39, 0.29) is 22.4 Å². The molecule has 0 saturated carbocycles. The summed E-state index contributed by atoms with van der Waals surface area (Å²) in [5.74, 6) is -0.989. The van der Waals surface area contributed by atoms with Gasteiger partial charge in [0.05, 0.1) is 22.0 Å². The topological polar surface area (TPSA) is 149 Å². The summed E-state index contributed by atoms with van der Waals surface area (Å²) < 4.78 is 19.1. The SMILES string of the molecule is O=C(COc1ccc([N+](=O)[O-])cc1C=Nn1c(=O)[nH]c2ccccc2c1=O)Nc1ccc(F)cc1. The molecule has 0 aliphatic carbocycles. The molecular formula is C23H16FN5O6. The molecule has 1 aromatic heterocycles. The number of halogens is 1. The molecule has 0 unspecified atom stereocenters. The third-order valence-electron chi connectivity index (χ3n) is 4.79. The number of anilines is 1. The van der Waals surface area contributed by atoms with Gasteiger partial charge in [-0.1, -0.05) is 12.1 Å². The molecule has 0 radical (unpaired) electrons. The highest BCUT2D eigenvalue weighted by Crippen LogP contribution is 2.23. The molecule has 1 heterocycles. The third kappa shape index (κ3) is 5.27. The van der Waals surface area contributed by atoms with Crippen molar-refractivity contribution in [3.05, 3.63) is 109 Å². The number of rotatable bonds is 7. The summed E-state index contributed by atoms with van der Waals surface area (Å²) in [7, 11) is 0. The van der Waals surface area contributed by atoms with Crippen molar-refractivity contribution < 1.29 is 18.8 Å². The lowest BCUT2D eigenvalue weighted by Crippen LogP contribution is -2.32. The van der Waals surface area contributed by atoms with Crippen molar-refractivity contribution >= 4 is 34.4 Å². The first-order valence-electron chi connectivity index (χ1n) is 10.1. The molecule has 2 N–H and O–H groups in total. The van der Waals surface area contributed by atoms with Crippen LogP contribution in [0.5, 0.6) is 5.75 Å². The van der Waals surface area contributed by atoms with Crippen LogP contribution in [0.25, 0.3) is 10.9 Å². The number of nitro benzene ring substituents is 1. The van der Waals surface area contributed by atoms with E-state index in [1.165, 1.54) is 42.5 Å². The molecule has 35 heavy (non-hydrogen) atoms. The first kappa shape index (κ1) is 23.0. The van der Waals surface area contributed by atoms with Crippen LogP contribution in [0.1, 0.15) is 5.56 Å². The second kappa shape index (κ2) is 9.79. The van der Waals surface area contributed by atoms with Gasteiger partial charge >= 0.3 is 5.69 Å². The smallest absolute Gasteiger partial charge is 0.349 e. The van der Waals surface area contributed by atoms with Gasteiger partial charge in [-0.2, -0.15) is 5.10 Å². The Labute approximate surface area is 195 Å². The number of nitrogens with one attached hydrogen (secondary N) is 2. The van der Waals surface area contributed by atoms with Gasteiger partial charge < -0.3 is 15.0 Å². The number of hydrogen-bond donors (Lipinski definition) is 2. The average Bonchev–Trinajstić information content (AvgIpc) is 2.84. The molecule has 0 bridgehead atoms. The van der Waals surface area contributed by atoms with Gasteiger partial charge in [-0.25, -0.2) is 9.18 Å². The number of hydrogen-bond acceptors (Lipinski definition) is 7. The van der Waals surface area contributed by atoms with E-state index in [2.05, 4.69) is 15.4 Å². The quantitative estimate of drug-likeness (QED) is 0.237. The van der Waals surface area contributed by atoms with Gasteiger partial charge in [0.1, 0.15) is 11.6 Å². The molecule has 0 aliphatic heterocycles. The molecule has 0 atom stereocenters. The van der Waals surface area contributed by atoms with Crippen molar-refractivity contribution in [2.45, 2.75) is 0 Å². The van der Waals surface area contributed by atoms with E-state index in [9.17, 15) is 28.9 Å². The van der Waals surface area contributed by atoms with Crippen LogP contribution in [0.3, 0.4) is 0 Å². The Kier molecular flexibility index (Phi) is 6.44. The molecular weight excluding hydrogens is 461 g/mol. The number of carbonyl (C=O) groups is 1. The number of nitrogens with zero attached hydrogens (tertiary/aromatic N) is 3. The number of carbonyl (C=O) groups excluding carboxylic acids is 1. The van der Waals surface area contributed by atoms with Crippen LogP contribution >= 0.6 is 0 Å². The predicted octanol–water partition coefficient (Wildman–Crippen LogP) is 2.64. The fraction of sp³-hybridized carbons (Fsp3) is 0.0435. The van der Waals surface area contributed by atoms with Gasteiger partial charge in [0.2, 0.25) is 0 Å². The Morgan fingerprint density at radius 2 is 1.89 bits per heavy atom. The minimum absolute atomic E-state index is 0.0406. The van der Waals surface area contributed by atoms with E-state index in [1.807, 2.05) is 0 Å². The number of ether oxygens (including phenoxy) is 1. The van der Waals surface area contributed by atoms with Crippen LogP contribution in [-0.2, 0) is 4.79 Å². The summed E-state index contributed by atoms with van der Waals surface area (Å²) in [6.07, 6.45) is 1.05. The number of benzene rings is 3. The molecule has 3 aromatic carbocycles. The lowest BCUT2D eigenvalue weighted by atomic mass is 10.2. The van der Waals surface area contributed by atoms with Crippen molar-refractivity contribution in [1.29, 1.82) is 0 Å². The number of amides is 1. The van der Waals surface area contributed by atoms with Crippen LogP contribution in [-0.4, -0.2) is 33.3 Å². The van der Waals surface area contributed by atoms with Gasteiger partial charge in [0.25, 0.3) is 17.2 Å². The monoisotopic (exact) mass is 477 g/mol. The number of aromatic amines is 1. The Balaban J connectivity index is 1.60. The third-order valence-corrected chi connectivity index (χ3v) is 4.79. The number of non-ortho nitro benzene ring substituents is 1. The number of fused-ring (bicyclic) bond motifs is 1. The molecule has 4 rings (SSSR count). The molecule has 1 amide bonds. The van der Waals surface area contributed by atoms with Gasteiger partial charge in [-0.05, 0) is 42.5 Å². The summed E-state index contributed by atoms with van der Waals surface area (Å²) in [6, 6.07) is 15.0. The number of para-hydroxylation sites is 1. The van der Waals surface area contributed by atoms with Gasteiger partial charge in [0, 0.05) is 23.4 Å². The predicted molar refractivity (Wildman–Crippen MR) is 125 cm³/mol. The van der Waals surface area contributed by atoms with E-state index in [1.54, 1.807) is 18.2 Å². The average molecular weight is 477 g/mol. The number of aromatic nitrogens is 2. The van der Waals surface area contributed by atoms with Crippen LogP contribution in [0.15, 0.2) is 81.4 Å². The molecule has 11 nitrogen and oxygen atoms in total. The minimum atomic E-state index is -0.809. The van der Waals surface area contributed by atoms with Crippen LogP contribution in [0, 0.1) is 15.9 Å². The Hall–Kier alpha value is -5.13. The van der Waals surface area contributed by atoms with Crippen LogP contribution in [0.2, 0.25) is 0 Å². The number of H-pyrrole nitrogens is 1. The summed E-state index contributed by atoms with van der Waals surface area (Å²) >= 11 is 0. The van der Waals surface area contributed by atoms with Crippen molar-refractivity contribution in [3.63, 3.8) is 0 Å². The van der Waals surface area contributed by atoms with E-state index < -0.39 is 34.5 Å². The maximum atomic E-state index is 13.0. The zero-order valence-corrected chi connectivity index (χ0v) is 17.8. The second-order valence-corrected chi connectivity index (χ2v) is 7.16. The maximum absolute atomic E-state index is 13.0. The van der Waals surface area contributed by atoms with E-state index in [0.717, 1.165) is 12.3 Å². The first-order valence-corrected chi connectivity index (χ1v) is 10.1.